The minimum absolute atomic E-state index is 0.0143. The van der Waals surface area contributed by atoms with Gasteiger partial charge in [-0.05, 0) is 203 Å². The maximum Gasteiger partial charge on any atom is 0.201 e. The molecule has 6 aromatic rings. The second kappa shape index (κ2) is 33.7. The monoisotopic (exact) mass is 1140 g/mol. The van der Waals surface area contributed by atoms with E-state index in [1.54, 1.807) is 32.0 Å². The van der Waals surface area contributed by atoms with Gasteiger partial charge in [0.15, 0.2) is 34.7 Å². The predicted molar refractivity (Wildman–Crippen MR) is 331 cm³/mol. The molecule has 0 aromatic heterocycles. The van der Waals surface area contributed by atoms with Gasteiger partial charge in [-0.2, -0.15) is 13.2 Å². The van der Waals surface area contributed by atoms with Crippen molar-refractivity contribution in [2.45, 2.75) is 207 Å². The third-order valence-corrected chi connectivity index (χ3v) is 18.0. The zero-order valence-corrected chi connectivity index (χ0v) is 50.7. The molecule has 450 valence electrons. The molecule has 0 radical (unpaired) electrons. The van der Waals surface area contributed by atoms with Crippen LogP contribution in [-0.2, 0) is 0 Å². The van der Waals surface area contributed by atoms with E-state index >= 15 is 0 Å². The van der Waals surface area contributed by atoms with Crippen LogP contribution in [-0.4, -0.2) is 19.8 Å². The number of hydrogen-bond donors (Lipinski definition) is 0. The molecular formula is C74H94F6O3. The Morgan fingerprint density at radius 3 is 0.867 bits per heavy atom. The molecule has 0 atom stereocenters. The summed E-state index contributed by atoms with van der Waals surface area (Å²) in [5.41, 5.74) is 6.93. The summed E-state index contributed by atoms with van der Waals surface area (Å²) in [4.78, 5) is 0. The molecule has 3 aliphatic carbocycles. The molecule has 3 fully saturated rings. The number of halogens is 6. The van der Waals surface area contributed by atoms with E-state index in [9.17, 15) is 26.3 Å². The van der Waals surface area contributed by atoms with Gasteiger partial charge in [0.25, 0.3) is 0 Å². The first-order chi connectivity index (χ1) is 40.4. The van der Waals surface area contributed by atoms with Crippen molar-refractivity contribution in [1.82, 2.24) is 0 Å². The third kappa shape index (κ3) is 18.2. The van der Waals surface area contributed by atoms with Gasteiger partial charge in [-0.25, -0.2) is 13.2 Å². The summed E-state index contributed by atoms with van der Waals surface area (Å²) in [7, 11) is 0. The molecule has 9 heteroatoms. The highest BCUT2D eigenvalue weighted by atomic mass is 19.2. The van der Waals surface area contributed by atoms with E-state index in [0.29, 0.717) is 54.3 Å². The minimum atomic E-state index is -0.913. The van der Waals surface area contributed by atoms with Gasteiger partial charge in [-0.1, -0.05) is 165 Å². The molecule has 83 heavy (non-hydrogen) atoms. The summed E-state index contributed by atoms with van der Waals surface area (Å²) in [6, 6.07) is 33.4. The topological polar surface area (TPSA) is 27.7 Å². The molecule has 3 saturated carbocycles. The SMILES string of the molecule is CCCCC1CCC(c2ccc(-c3ccc(OCC)c(F)c3F)cc2)CC1.CCCCC1CCC(c2ccc(-c3ccc(OCCC)c(F)c3F)cc2)CC1.CCCCCC1CCC(c2ccc(-c3ccc(OCC)c(F)c3F)cc2)CC1. The van der Waals surface area contributed by atoms with Crippen LogP contribution in [0.4, 0.5) is 26.3 Å². The molecule has 6 aromatic carbocycles. The van der Waals surface area contributed by atoms with Gasteiger partial charge >= 0.3 is 0 Å². The fourth-order valence-corrected chi connectivity index (χ4v) is 12.9. The smallest absolute Gasteiger partial charge is 0.201 e. The zero-order valence-electron chi connectivity index (χ0n) is 50.7. The van der Waals surface area contributed by atoms with Gasteiger partial charge < -0.3 is 14.2 Å². The van der Waals surface area contributed by atoms with Crippen LogP contribution in [0.2, 0.25) is 0 Å². The Labute approximate surface area is 494 Å². The van der Waals surface area contributed by atoms with E-state index < -0.39 is 34.9 Å². The Morgan fingerprint density at radius 2 is 0.590 bits per heavy atom. The fraction of sp³-hybridized carbons (Fsp3) is 0.514. The first-order valence-corrected chi connectivity index (χ1v) is 32.0. The standard InChI is InChI=1S/2C25H32F2O.C24H30F2O/c1-3-5-6-18-7-9-19(10-8-18)20-11-13-21(14-12-20)22-15-16-23(28-17-4-2)25(27)24(22)26;1-3-5-6-7-18-8-10-19(11-9-18)20-12-14-21(15-13-20)22-16-17-23(28-4-2)25(27)24(22)26;1-3-5-6-17-7-9-18(10-8-17)19-11-13-20(14-12-19)21-15-16-22(27-4-2)24(26)23(21)25/h11-16,18-19H,3-10,17H2,1-2H3;12-19H,3-11H2,1-2H3;11-18H,3-10H2,1-2H3. The quantitative estimate of drug-likeness (QED) is 0.0473. The Morgan fingerprint density at radius 1 is 0.301 bits per heavy atom. The van der Waals surface area contributed by atoms with Crippen molar-refractivity contribution in [3.63, 3.8) is 0 Å². The highest BCUT2D eigenvalue weighted by molar-refractivity contribution is 5.68. The van der Waals surface area contributed by atoms with Crippen LogP contribution in [0, 0.1) is 52.7 Å². The van der Waals surface area contributed by atoms with E-state index in [1.165, 1.54) is 176 Å². The molecule has 0 N–H and O–H groups in total. The zero-order chi connectivity index (χ0) is 59.1. The van der Waals surface area contributed by atoms with Crippen LogP contribution in [0.25, 0.3) is 33.4 Å². The molecule has 0 amide bonds. The lowest BCUT2D eigenvalue weighted by molar-refractivity contribution is 0.295. The van der Waals surface area contributed by atoms with Crippen molar-refractivity contribution in [2.24, 2.45) is 17.8 Å². The van der Waals surface area contributed by atoms with Crippen LogP contribution < -0.4 is 14.2 Å². The predicted octanol–water partition coefficient (Wildman–Crippen LogP) is 23.3. The van der Waals surface area contributed by atoms with Crippen LogP contribution in [0.15, 0.2) is 109 Å². The van der Waals surface area contributed by atoms with Crippen molar-refractivity contribution in [1.29, 1.82) is 0 Å². The molecule has 0 unspecified atom stereocenters. The average Bonchev–Trinajstić information content (AvgIpc) is 3.73. The fourth-order valence-electron chi connectivity index (χ4n) is 12.9. The maximum absolute atomic E-state index is 14.5. The van der Waals surface area contributed by atoms with E-state index in [2.05, 4.69) is 57.2 Å². The average molecular weight is 1150 g/mol. The summed E-state index contributed by atoms with van der Waals surface area (Å²) in [5, 5.41) is 0. The summed E-state index contributed by atoms with van der Waals surface area (Å²) in [6.45, 7) is 13.2. The molecule has 0 spiro atoms. The highest BCUT2D eigenvalue weighted by Gasteiger charge is 2.26. The molecular weight excluding hydrogens is 1050 g/mol. The molecule has 9 rings (SSSR count). The van der Waals surface area contributed by atoms with Gasteiger partial charge in [0, 0.05) is 16.7 Å². The number of benzene rings is 6. The molecule has 3 aliphatic rings. The minimum Gasteiger partial charge on any atom is -0.491 e. The first kappa shape index (κ1) is 64.9. The third-order valence-electron chi connectivity index (χ3n) is 18.0. The molecule has 0 aliphatic heterocycles. The first-order valence-electron chi connectivity index (χ1n) is 32.0. The van der Waals surface area contributed by atoms with Crippen molar-refractivity contribution in [3.05, 3.63) is 161 Å². The Balaban J connectivity index is 0.000000179. The second-order valence-electron chi connectivity index (χ2n) is 23.7. The Kier molecular flexibility index (Phi) is 26.3. The van der Waals surface area contributed by atoms with Crippen LogP contribution in [0.5, 0.6) is 17.2 Å². The largest absolute Gasteiger partial charge is 0.491 e. The highest BCUT2D eigenvalue weighted by Crippen LogP contribution is 2.42. The molecule has 3 nitrogen and oxygen atoms in total. The van der Waals surface area contributed by atoms with Gasteiger partial charge in [-0.3, -0.25) is 0 Å². The van der Waals surface area contributed by atoms with Crippen LogP contribution in [0.3, 0.4) is 0 Å². The molecule has 0 heterocycles. The van der Waals surface area contributed by atoms with Crippen molar-refractivity contribution < 1.29 is 40.6 Å². The van der Waals surface area contributed by atoms with E-state index in [0.717, 1.165) is 24.2 Å². The lowest BCUT2D eigenvalue weighted by atomic mass is 9.77. The van der Waals surface area contributed by atoms with Crippen LogP contribution in [0.1, 0.15) is 224 Å². The summed E-state index contributed by atoms with van der Waals surface area (Å²) in [6.07, 6.45) is 29.4. The van der Waals surface area contributed by atoms with E-state index in [-0.39, 0.29) is 33.9 Å². The normalized spacial score (nSPS) is 19.7. The summed E-state index contributed by atoms with van der Waals surface area (Å²) < 4.78 is 101. The van der Waals surface area contributed by atoms with Crippen molar-refractivity contribution >= 4 is 0 Å². The van der Waals surface area contributed by atoms with Gasteiger partial charge in [-0.15, -0.1) is 0 Å². The number of rotatable bonds is 23. The van der Waals surface area contributed by atoms with E-state index in [1.807, 2.05) is 43.3 Å². The molecule has 0 saturated heterocycles. The maximum atomic E-state index is 14.5. The lowest BCUT2D eigenvalue weighted by Gasteiger charge is -2.29. The molecule has 0 bridgehead atoms. The summed E-state index contributed by atoms with van der Waals surface area (Å²) >= 11 is 0. The number of hydrogen-bond acceptors (Lipinski definition) is 3. The van der Waals surface area contributed by atoms with E-state index in [4.69, 9.17) is 14.2 Å². The number of ether oxygens (including phenoxy) is 3. The Hall–Kier alpha value is -5.70. The van der Waals surface area contributed by atoms with Gasteiger partial charge in [0.2, 0.25) is 17.5 Å². The Bertz CT molecular complexity index is 2840. The summed E-state index contributed by atoms with van der Waals surface area (Å²) in [5.74, 6) is -0.866. The second-order valence-corrected chi connectivity index (χ2v) is 23.7. The lowest BCUT2D eigenvalue weighted by Crippen LogP contribution is -2.13. The van der Waals surface area contributed by atoms with Crippen LogP contribution >= 0.6 is 0 Å². The number of unbranched alkanes of at least 4 members (excludes halogenated alkanes) is 4. The van der Waals surface area contributed by atoms with Gasteiger partial charge in [0.05, 0.1) is 19.8 Å². The van der Waals surface area contributed by atoms with Crippen molar-refractivity contribution in [3.8, 4) is 50.6 Å². The van der Waals surface area contributed by atoms with Crippen molar-refractivity contribution in [2.75, 3.05) is 19.8 Å². The van der Waals surface area contributed by atoms with Gasteiger partial charge in [0.1, 0.15) is 0 Å².